The van der Waals surface area contributed by atoms with Gasteiger partial charge in [0.05, 0.1) is 0 Å². The molecule has 0 amide bonds. The normalized spacial score (nSPS) is 10.9. The third-order valence-electron chi connectivity index (χ3n) is 7.01. The van der Waals surface area contributed by atoms with Crippen molar-refractivity contribution in [2.75, 3.05) is 0 Å². The van der Waals surface area contributed by atoms with Crippen LogP contribution in [0.1, 0.15) is 0 Å². The maximum atomic E-state index is 4.75. The Hall–Kier alpha value is -5.75. The van der Waals surface area contributed by atoms with Crippen molar-refractivity contribution < 1.29 is 0 Å². The van der Waals surface area contributed by atoms with Crippen LogP contribution in [0.2, 0.25) is 0 Å². The standard InChI is InChI=1S/C35H24N6/c1-6-26(31-11-4-16-37-23-31)20-29(9-1)34-39-40-35(30-10-2-7-27(21-30)32-12-5-17-38-24-32)41(34)33-13-3-8-28(22-33)25-14-18-36-19-15-25/h1-24H. The van der Waals surface area contributed by atoms with Crippen molar-refractivity contribution in [3.63, 3.8) is 0 Å². The second kappa shape index (κ2) is 10.8. The Bertz CT molecular complexity index is 1830. The van der Waals surface area contributed by atoms with Crippen LogP contribution in [-0.4, -0.2) is 29.7 Å². The van der Waals surface area contributed by atoms with E-state index in [9.17, 15) is 0 Å². The minimum absolute atomic E-state index is 0.754. The lowest BCUT2D eigenvalue weighted by atomic mass is 10.0. The molecule has 0 saturated carbocycles. The quantitative estimate of drug-likeness (QED) is 0.220. The second-order valence-corrected chi connectivity index (χ2v) is 9.61. The Morgan fingerprint density at radius 3 is 1.39 bits per heavy atom. The number of hydrogen-bond acceptors (Lipinski definition) is 5. The fraction of sp³-hybridized carbons (Fsp3) is 0. The van der Waals surface area contributed by atoms with Crippen molar-refractivity contribution in [2.45, 2.75) is 0 Å². The van der Waals surface area contributed by atoms with E-state index >= 15 is 0 Å². The van der Waals surface area contributed by atoms with Gasteiger partial charge in [0.1, 0.15) is 0 Å². The molecule has 0 spiro atoms. The summed E-state index contributed by atoms with van der Waals surface area (Å²) in [6.07, 6.45) is 10.9. The summed E-state index contributed by atoms with van der Waals surface area (Å²) >= 11 is 0. The summed E-state index contributed by atoms with van der Waals surface area (Å²) in [7, 11) is 0. The first-order valence-electron chi connectivity index (χ1n) is 13.3. The maximum absolute atomic E-state index is 4.75. The lowest BCUT2D eigenvalue weighted by molar-refractivity contribution is 1.07. The van der Waals surface area contributed by atoms with Crippen LogP contribution in [0.4, 0.5) is 0 Å². The minimum atomic E-state index is 0.754. The minimum Gasteiger partial charge on any atom is -0.275 e. The van der Waals surface area contributed by atoms with E-state index in [0.717, 1.165) is 61.8 Å². The number of aromatic nitrogens is 6. The number of pyridine rings is 3. The topological polar surface area (TPSA) is 69.4 Å². The smallest absolute Gasteiger partial charge is 0.168 e. The summed E-state index contributed by atoms with van der Waals surface area (Å²) in [5.41, 5.74) is 9.29. The first-order chi connectivity index (χ1) is 20.3. The van der Waals surface area contributed by atoms with Crippen molar-refractivity contribution in [1.29, 1.82) is 0 Å². The summed E-state index contributed by atoms with van der Waals surface area (Å²) in [4.78, 5) is 12.8. The van der Waals surface area contributed by atoms with Gasteiger partial charge in [0, 0.05) is 65.1 Å². The summed E-state index contributed by atoms with van der Waals surface area (Å²) in [5, 5.41) is 9.51. The molecule has 0 aliphatic rings. The first-order valence-corrected chi connectivity index (χ1v) is 13.3. The highest BCUT2D eigenvalue weighted by molar-refractivity contribution is 5.76. The fourth-order valence-electron chi connectivity index (χ4n) is 5.01. The highest BCUT2D eigenvalue weighted by atomic mass is 15.3. The summed E-state index contributed by atoms with van der Waals surface area (Å²) < 4.78 is 2.13. The molecule has 0 N–H and O–H groups in total. The predicted molar refractivity (Wildman–Crippen MR) is 162 cm³/mol. The average Bonchev–Trinajstić information content (AvgIpc) is 3.52. The van der Waals surface area contributed by atoms with Crippen molar-refractivity contribution in [1.82, 2.24) is 29.7 Å². The zero-order chi connectivity index (χ0) is 27.4. The van der Waals surface area contributed by atoms with Crippen LogP contribution in [0.25, 0.3) is 61.8 Å². The summed E-state index contributed by atoms with van der Waals surface area (Å²) in [6.45, 7) is 0. The Balaban J connectivity index is 1.41. The molecule has 7 rings (SSSR count). The Labute approximate surface area is 237 Å². The molecule has 4 aromatic heterocycles. The highest BCUT2D eigenvalue weighted by Gasteiger charge is 2.19. The molecular formula is C35H24N6. The molecule has 41 heavy (non-hydrogen) atoms. The van der Waals surface area contributed by atoms with Gasteiger partial charge in [-0.3, -0.25) is 19.5 Å². The molecule has 6 nitrogen and oxygen atoms in total. The van der Waals surface area contributed by atoms with E-state index in [4.69, 9.17) is 10.2 Å². The number of nitrogens with zero attached hydrogens (tertiary/aromatic N) is 6. The van der Waals surface area contributed by atoms with Crippen molar-refractivity contribution >= 4 is 0 Å². The molecule has 0 bridgehead atoms. The van der Waals surface area contributed by atoms with Gasteiger partial charge in [-0.25, -0.2) is 0 Å². The van der Waals surface area contributed by atoms with Crippen molar-refractivity contribution in [3.8, 4) is 61.8 Å². The third-order valence-corrected chi connectivity index (χ3v) is 7.01. The van der Waals surface area contributed by atoms with Crippen LogP contribution in [0, 0.1) is 0 Å². The number of hydrogen-bond donors (Lipinski definition) is 0. The van der Waals surface area contributed by atoms with Crippen LogP contribution >= 0.6 is 0 Å². The van der Waals surface area contributed by atoms with E-state index in [1.165, 1.54) is 0 Å². The highest BCUT2D eigenvalue weighted by Crippen LogP contribution is 2.33. The van der Waals surface area contributed by atoms with Gasteiger partial charge in [-0.05, 0) is 70.8 Å². The van der Waals surface area contributed by atoms with Gasteiger partial charge in [0.25, 0.3) is 0 Å². The van der Waals surface area contributed by atoms with E-state index < -0.39 is 0 Å². The fourth-order valence-corrected chi connectivity index (χ4v) is 5.01. The Kier molecular flexibility index (Phi) is 6.39. The summed E-state index contributed by atoms with van der Waals surface area (Å²) in [6, 6.07) is 37.2. The molecule has 0 aliphatic carbocycles. The monoisotopic (exact) mass is 528 g/mol. The van der Waals surface area contributed by atoms with Crippen LogP contribution in [-0.2, 0) is 0 Å². The molecule has 7 aromatic rings. The Morgan fingerprint density at radius 2 is 0.854 bits per heavy atom. The Morgan fingerprint density at radius 1 is 0.366 bits per heavy atom. The van der Waals surface area contributed by atoms with Crippen molar-refractivity contribution in [2.24, 2.45) is 0 Å². The van der Waals surface area contributed by atoms with Gasteiger partial charge >= 0.3 is 0 Å². The van der Waals surface area contributed by atoms with Crippen LogP contribution in [0.15, 0.2) is 146 Å². The lowest BCUT2D eigenvalue weighted by Gasteiger charge is -2.14. The number of rotatable bonds is 6. The molecule has 6 heteroatoms. The number of benzene rings is 3. The van der Waals surface area contributed by atoms with Gasteiger partial charge in [0.15, 0.2) is 11.6 Å². The molecule has 0 saturated heterocycles. The second-order valence-electron chi connectivity index (χ2n) is 9.61. The van der Waals surface area contributed by atoms with E-state index in [0.29, 0.717) is 0 Å². The largest absolute Gasteiger partial charge is 0.275 e. The summed E-state index contributed by atoms with van der Waals surface area (Å²) in [5.74, 6) is 1.51. The maximum Gasteiger partial charge on any atom is 0.168 e. The van der Waals surface area contributed by atoms with E-state index in [-0.39, 0.29) is 0 Å². The molecule has 3 aromatic carbocycles. The van der Waals surface area contributed by atoms with E-state index in [1.54, 1.807) is 12.4 Å². The van der Waals surface area contributed by atoms with Crippen LogP contribution < -0.4 is 0 Å². The first kappa shape index (κ1) is 24.3. The van der Waals surface area contributed by atoms with Gasteiger partial charge in [-0.15, -0.1) is 10.2 Å². The van der Waals surface area contributed by atoms with E-state index in [2.05, 4.69) is 92.3 Å². The van der Waals surface area contributed by atoms with Crippen LogP contribution in [0.5, 0.6) is 0 Å². The molecule has 0 radical (unpaired) electrons. The molecule has 0 atom stereocenters. The zero-order valence-corrected chi connectivity index (χ0v) is 22.0. The molecule has 194 valence electrons. The van der Waals surface area contributed by atoms with Gasteiger partial charge in [-0.2, -0.15) is 0 Å². The third kappa shape index (κ3) is 4.90. The SMILES string of the molecule is c1cncc(-c2cccc(-c3nnc(-c4cccc(-c5cccnc5)c4)n3-c3cccc(-c4ccncc4)c3)c2)c1. The van der Waals surface area contributed by atoms with Crippen molar-refractivity contribution in [3.05, 3.63) is 146 Å². The average molecular weight is 529 g/mol. The van der Waals surface area contributed by atoms with E-state index in [1.807, 2.05) is 61.2 Å². The molecule has 0 unspecified atom stereocenters. The van der Waals surface area contributed by atoms with Gasteiger partial charge in [-0.1, -0.05) is 60.7 Å². The van der Waals surface area contributed by atoms with Gasteiger partial charge < -0.3 is 0 Å². The molecule has 0 fully saturated rings. The lowest BCUT2D eigenvalue weighted by Crippen LogP contribution is -2.01. The van der Waals surface area contributed by atoms with Gasteiger partial charge in [0.2, 0.25) is 0 Å². The molecule has 0 aliphatic heterocycles. The zero-order valence-electron chi connectivity index (χ0n) is 22.0. The molecular weight excluding hydrogens is 504 g/mol. The van der Waals surface area contributed by atoms with Crippen LogP contribution in [0.3, 0.4) is 0 Å². The predicted octanol–water partition coefficient (Wildman–Crippen LogP) is 7.79. The molecule has 4 heterocycles.